The second-order valence-electron chi connectivity index (χ2n) is 8.41. The molecular formula is C26H31N3O. The number of rotatable bonds is 7. The predicted molar refractivity (Wildman–Crippen MR) is 125 cm³/mol. The summed E-state index contributed by atoms with van der Waals surface area (Å²) < 4.78 is 0. The van der Waals surface area contributed by atoms with Crippen LogP contribution in [0.2, 0.25) is 0 Å². The Morgan fingerprint density at radius 2 is 2.00 bits per heavy atom. The highest BCUT2D eigenvalue weighted by molar-refractivity contribution is 5.82. The first kappa shape index (κ1) is 20.5. The number of aromatic nitrogens is 2. The zero-order chi connectivity index (χ0) is 20.9. The number of fused-ring (bicyclic) bond motifs is 2. The molecule has 156 valence electrons. The minimum atomic E-state index is -0.432. The predicted octanol–water partition coefficient (Wildman–Crippen LogP) is 5.39. The van der Waals surface area contributed by atoms with Crippen molar-refractivity contribution in [3.05, 3.63) is 70.6 Å². The van der Waals surface area contributed by atoms with Crippen LogP contribution in [0, 0.1) is 13.8 Å². The summed E-state index contributed by atoms with van der Waals surface area (Å²) in [6, 6.07) is 10.8. The van der Waals surface area contributed by atoms with E-state index < -0.39 is 6.10 Å². The van der Waals surface area contributed by atoms with Gasteiger partial charge in [-0.05, 0) is 92.5 Å². The topological polar surface area (TPSA) is 58.0 Å². The molecule has 1 aliphatic rings. The Balaban J connectivity index is 1.26. The van der Waals surface area contributed by atoms with Gasteiger partial charge in [0.1, 0.15) is 5.82 Å². The van der Waals surface area contributed by atoms with Crippen molar-refractivity contribution in [2.75, 3.05) is 11.9 Å². The van der Waals surface area contributed by atoms with Crippen LogP contribution in [0.4, 0.5) is 5.82 Å². The summed E-state index contributed by atoms with van der Waals surface area (Å²) in [5, 5.41) is 14.9. The first-order chi connectivity index (χ1) is 14.6. The molecule has 2 N–H and O–H groups in total. The highest BCUT2D eigenvalue weighted by Crippen LogP contribution is 2.21. The van der Waals surface area contributed by atoms with Crippen LogP contribution in [0.3, 0.4) is 0 Å². The van der Waals surface area contributed by atoms with Crippen LogP contribution in [-0.2, 0) is 12.8 Å². The lowest BCUT2D eigenvalue weighted by molar-refractivity contribution is 0.209. The van der Waals surface area contributed by atoms with Gasteiger partial charge in [0, 0.05) is 23.8 Å². The number of aryl methyl sites for hydroxylation is 4. The number of hydrogen-bond donors (Lipinski definition) is 2. The molecule has 3 aromatic rings. The van der Waals surface area contributed by atoms with Crippen LogP contribution < -0.4 is 5.32 Å². The molecule has 0 saturated carbocycles. The maximum Gasteiger partial charge on any atom is 0.129 e. The van der Waals surface area contributed by atoms with Crippen LogP contribution in [0.25, 0.3) is 17.0 Å². The first-order valence-electron chi connectivity index (χ1n) is 11.0. The Kier molecular flexibility index (Phi) is 6.44. The van der Waals surface area contributed by atoms with Gasteiger partial charge in [0.25, 0.3) is 0 Å². The van der Waals surface area contributed by atoms with Crippen LogP contribution in [-0.4, -0.2) is 27.7 Å². The molecule has 0 saturated heterocycles. The standard InChI is InChI=1S/C26H31N3O/c1-18-14-22-16-20(17-28-25(22)15-19(18)2)9-12-24(30)8-4-3-7-23-11-10-21-6-5-13-27-26(21)29-23/h9-12,14-17,24,30H,3-8,13H2,1-2H3,(H,27,29)/b12-9+. The quantitative estimate of drug-likeness (QED) is 0.521. The Hall–Kier alpha value is -2.72. The van der Waals surface area contributed by atoms with Crippen molar-refractivity contribution >= 4 is 22.8 Å². The number of anilines is 1. The zero-order valence-electron chi connectivity index (χ0n) is 18.0. The summed E-state index contributed by atoms with van der Waals surface area (Å²) in [5.74, 6) is 1.07. The number of pyridine rings is 2. The van der Waals surface area contributed by atoms with E-state index in [9.17, 15) is 5.11 Å². The summed E-state index contributed by atoms with van der Waals surface area (Å²) in [6.07, 6.45) is 11.3. The molecule has 4 rings (SSSR count). The maximum atomic E-state index is 10.3. The van der Waals surface area contributed by atoms with Crippen molar-refractivity contribution < 1.29 is 5.11 Å². The highest BCUT2D eigenvalue weighted by atomic mass is 16.3. The lowest BCUT2D eigenvalue weighted by atomic mass is 10.0. The van der Waals surface area contributed by atoms with Crippen LogP contribution in [0.15, 0.2) is 42.6 Å². The lowest BCUT2D eigenvalue weighted by Gasteiger charge is -2.17. The molecule has 0 amide bonds. The number of unbranched alkanes of at least 4 members (excludes halogenated alkanes) is 1. The Morgan fingerprint density at radius 3 is 2.90 bits per heavy atom. The molecule has 30 heavy (non-hydrogen) atoms. The third kappa shape index (κ3) is 5.06. The minimum Gasteiger partial charge on any atom is -0.389 e. The number of nitrogens with one attached hydrogen (secondary N) is 1. The number of benzene rings is 1. The minimum absolute atomic E-state index is 0.432. The summed E-state index contributed by atoms with van der Waals surface area (Å²) in [5.41, 5.74) is 7.04. The van der Waals surface area contributed by atoms with E-state index in [1.54, 1.807) is 0 Å². The molecule has 4 heteroatoms. The normalized spacial score (nSPS) is 14.6. The number of aliphatic hydroxyl groups is 1. The molecule has 1 aromatic carbocycles. The van der Waals surface area contributed by atoms with Gasteiger partial charge >= 0.3 is 0 Å². The van der Waals surface area contributed by atoms with Gasteiger partial charge in [0.15, 0.2) is 0 Å². The van der Waals surface area contributed by atoms with Crippen molar-refractivity contribution in [2.24, 2.45) is 0 Å². The smallest absolute Gasteiger partial charge is 0.129 e. The molecule has 0 radical (unpaired) electrons. The monoisotopic (exact) mass is 401 g/mol. The van der Waals surface area contributed by atoms with E-state index in [0.717, 1.165) is 66.6 Å². The molecular weight excluding hydrogens is 370 g/mol. The molecule has 1 unspecified atom stereocenters. The van der Waals surface area contributed by atoms with Gasteiger partial charge in [-0.1, -0.05) is 24.6 Å². The molecule has 2 aromatic heterocycles. The average Bonchev–Trinajstić information content (AvgIpc) is 2.76. The maximum absolute atomic E-state index is 10.3. The van der Waals surface area contributed by atoms with Gasteiger partial charge in [-0.2, -0.15) is 0 Å². The van der Waals surface area contributed by atoms with E-state index in [0.29, 0.717) is 0 Å². The molecule has 0 aliphatic carbocycles. The number of aliphatic hydroxyl groups excluding tert-OH is 1. The SMILES string of the molecule is Cc1cc2cc(/C=C/C(O)CCCCc3ccc4c(n3)NCCC4)cnc2cc1C. The fourth-order valence-corrected chi connectivity index (χ4v) is 3.99. The van der Waals surface area contributed by atoms with E-state index in [2.05, 4.69) is 54.5 Å². The summed E-state index contributed by atoms with van der Waals surface area (Å²) in [4.78, 5) is 9.30. The summed E-state index contributed by atoms with van der Waals surface area (Å²) in [7, 11) is 0. The van der Waals surface area contributed by atoms with E-state index in [-0.39, 0.29) is 0 Å². The van der Waals surface area contributed by atoms with E-state index in [1.807, 2.05) is 18.3 Å². The first-order valence-corrected chi connectivity index (χ1v) is 11.0. The third-order valence-corrected chi connectivity index (χ3v) is 5.96. The molecule has 0 fully saturated rings. The second-order valence-corrected chi connectivity index (χ2v) is 8.41. The number of hydrogen-bond acceptors (Lipinski definition) is 4. The van der Waals surface area contributed by atoms with Gasteiger partial charge in [0.2, 0.25) is 0 Å². The fraction of sp³-hybridized carbons (Fsp3) is 0.385. The molecule has 4 nitrogen and oxygen atoms in total. The van der Waals surface area contributed by atoms with E-state index >= 15 is 0 Å². The van der Waals surface area contributed by atoms with Crippen LogP contribution in [0.5, 0.6) is 0 Å². The Labute approximate surface area is 179 Å². The molecule has 1 aliphatic heterocycles. The van der Waals surface area contributed by atoms with Gasteiger partial charge in [0.05, 0.1) is 11.6 Å². The molecule has 1 atom stereocenters. The van der Waals surface area contributed by atoms with Gasteiger partial charge < -0.3 is 10.4 Å². The van der Waals surface area contributed by atoms with Crippen LogP contribution in [0.1, 0.15) is 53.6 Å². The van der Waals surface area contributed by atoms with Crippen molar-refractivity contribution in [3.8, 4) is 0 Å². The molecule has 0 spiro atoms. The van der Waals surface area contributed by atoms with E-state index in [1.165, 1.54) is 23.1 Å². The largest absolute Gasteiger partial charge is 0.389 e. The zero-order valence-corrected chi connectivity index (χ0v) is 18.0. The summed E-state index contributed by atoms with van der Waals surface area (Å²) >= 11 is 0. The summed E-state index contributed by atoms with van der Waals surface area (Å²) in [6.45, 7) is 5.25. The molecule has 0 bridgehead atoms. The Morgan fingerprint density at radius 1 is 1.13 bits per heavy atom. The molecule has 3 heterocycles. The Bertz CT molecular complexity index is 1060. The van der Waals surface area contributed by atoms with Crippen molar-refractivity contribution in [3.63, 3.8) is 0 Å². The van der Waals surface area contributed by atoms with Crippen molar-refractivity contribution in [1.82, 2.24) is 9.97 Å². The van der Waals surface area contributed by atoms with Gasteiger partial charge in [-0.25, -0.2) is 4.98 Å². The highest BCUT2D eigenvalue weighted by Gasteiger charge is 2.10. The average molecular weight is 402 g/mol. The fourth-order valence-electron chi connectivity index (χ4n) is 3.99. The van der Waals surface area contributed by atoms with Crippen molar-refractivity contribution in [2.45, 2.75) is 58.5 Å². The number of nitrogens with zero attached hydrogens (tertiary/aromatic N) is 2. The lowest BCUT2D eigenvalue weighted by Crippen LogP contribution is -2.14. The van der Waals surface area contributed by atoms with Crippen LogP contribution >= 0.6 is 0 Å². The van der Waals surface area contributed by atoms with Gasteiger partial charge in [-0.3, -0.25) is 4.98 Å². The van der Waals surface area contributed by atoms with Gasteiger partial charge in [-0.15, -0.1) is 0 Å². The third-order valence-electron chi connectivity index (χ3n) is 5.96. The van der Waals surface area contributed by atoms with E-state index in [4.69, 9.17) is 4.98 Å². The second kappa shape index (κ2) is 9.40. The van der Waals surface area contributed by atoms with Crippen molar-refractivity contribution in [1.29, 1.82) is 0 Å².